The van der Waals surface area contributed by atoms with Crippen molar-refractivity contribution in [1.29, 1.82) is 0 Å². The molecular formula is C15H18NS+. The minimum absolute atomic E-state index is 1.32. The first-order chi connectivity index (χ1) is 8.25. The highest BCUT2D eigenvalue weighted by Gasteiger charge is 2.13. The molecule has 0 aliphatic rings. The van der Waals surface area contributed by atoms with Crippen LogP contribution in [0.3, 0.4) is 0 Å². The Bertz CT molecular complexity index is 652. The van der Waals surface area contributed by atoms with E-state index in [1.165, 1.54) is 26.0 Å². The minimum Gasteiger partial charge on any atom is -0.189 e. The second kappa shape index (κ2) is 4.84. The lowest BCUT2D eigenvalue weighted by Crippen LogP contribution is -2.28. The normalized spacial score (nSPS) is 10.4. The highest BCUT2D eigenvalue weighted by molar-refractivity contribution is 7.18. The van der Waals surface area contributed by atoms with Gasteiger partial charge in [0.15, 0.2) is 0 Å². The Kier molecular flexibility index (Phi) is 3.43. The number of hydrogen-bond acceptors (Lipinski definition) is 1. The molecule has 17 heavy (non-hydrogen) atoms. The second-order valence-corrected chi connectivity index (χ2v) is 5.08. The number of rotatable bonds is 0. The van der Waals surface area contributed by atoms with Crippen LogP contribution in [0.4, 0.5) is 0 Å². The second-order valence-electron chi connectivity index (χ2n) is 3.85. The van der Waals surface area contributed by atoms with Crippen molar-refractivity contribution >= 4 is 32.3 Å². The Morgan fingerprint density at radius 2 is 1.59 bits per heavy atom. The van der Waals surface area contributed by atoms with Gasteiger partial charge >= 0.3 is 0 Å². The maximum Gasteiger partial charge on any atom is 0.234 e. The van der Waals surface area contributed by atoms with Crippen LogP contribution >= 0.6 is 11.3 Å². The standard InChI is InChI=1S/C13H12NS.C2H6/c1-9-14(2)12-7-10-5-3-4-6-11(10)8-13(12)15-9;1-2/h3-8H,1-2H3;1-2H3/q+1;. The third kappa shape index (κ3) is 2.05. The molecule has 88 valence electrons. The molecular weight excluding hydrogens is 226 g/mol. The van der Waals surface area contributed by atoms with Crippen LogP contribution in [0.2, 0.25) is 0 Å². The van der Waals surface area contributed by atoms with Gasteiger partial charge in [0.2, 0.25) is 10.5 Å². The molecule has 0 radical (unpaired) electrons. The van der Waals surface area contributed by atoms with E-state index in [9.17, 15) is 0 Å². The van der Waals surface area contributed by atoms with Crippen LogP contribution in [-0.4, -0.2) is 0 Å². The summed E-state index contributed by atoms with van der Waals surface area (Å²) in [5.74, 6) is 0. The summed E-state index contributed by atoms with van der Waals surface area (Å²) >= 11 is 1.86. The Labute approximate surface area is 106 Å². The van der Waals surface area contributed by atoms with Gasteiger partial charge < -0.3 is 0 Å². The van der Waals surface area contributed by atoms with Crippen LogP contribution in [0.1, 0.15) is 18.9 Å². The molecule has 0 saturated heterocycles. The van der Waals surface area contributed by atoms with Gasteiger partial charge in [-0.25, -0.2) is 0 Å². The number of hydrogen-bond donors (Lipinski definition) is 0. The molecule has 0 atom stereocenters. The molecule has 2 aromatic carbocycles. The summed E-state index contributed by atoms with van der Waals surface area (Å²) in [5.41, 5.74) is 1.33. The van der Waals surface area contributed by atoms with Gasteiger partial charge in [-0.05, 0) is 16.8 Å². The molecule has 3 rings (SSSR count). The van der Waals surface area contributed by atoms with E-state index >= 15 is 0 Å². The molecule has 0 fully saturated rings. The summed E-state index contributed by atoms with van der Waals surface area (Å²) in [6.45, 7) is 6.16. The van der Waals surface area contributed by atoms with Crippen molar-refractivity contribution < 1.29 is 4.57 Å². The van der Waals surface area contributed by atoms with Crippen LogP contribution in [0, 0.1) is 6.92 Å². The van der Waals surface area contributed by atoms with Crippen LogP contribution in [-0.2, 0) is 7.05 Å². The third-order valence-electron chi connectivity index (χ3n) is 2.92. The number of aryl methyl sites for hydroxylation is 2. The maximum atomic E-state index is 2.28. The van der Waals surface area contributed by atoms with Crippen molar-refractivity contribution in [2.75, 3.05) is 0 Å². The molecule has 1 nitrogen and oxygen atoms in total. The first-order valence-electron chi connectivity index (χ1n) is 6.03. The fourth-order valence-corrected chi connectivity index (χ4v) is 2.99. The van der Waals surface area contributed by atoms with Gasteiger partial charge in [-0.15, -0.1) is 0 Å². The van der Waals surface area contributed by atoms with E-state index in [0.29, 0.717) is 0 Å². The van der Waals surface area contributed by atoms with Gasteiger partial charge in [-0.3, -0.25) is 0 Å². The van der Waals surface area contributed by atoms with Gasteiger partial charge in [-0.1, -0.05) is 49.4 Å². The largest absolute Gasteiger partial charge is 0.234 e. The van der Waals surface area contributed by atoms with Crippen molar-refractivity contribution in [3.63, 3.8) is 0 Å². The van der Waals surface area contributed by atoms with Crippen LogP contribution in [0.5, 0.6) is 0 Å². The highest BCUT2D eigenvalue weighted by atomic mass is 32.1. The Morgan fingerprint density at radius 3 is 2.24 bits per heavy atom. The molecule has 0 amide bonds. The highest BCUT2D eigenvalue weighted by Crippen LogP contribution is 2.25. The first kappa shape index (κ1) is 12.1. The van der Waals surface area contributed by atoms with E-state index in [0.717, 1.165) is 0 Å². The van der Waals surface area contributed by atoms with Gasteiger partial charge in [0.05, 0.1) is 0 Å². The number of thiazole rings is 1. The van der Waals surface area contributed by atoms with Gasteiger partial charge in [-0.2, -0.15) is 4.57 Å². The van der Waals surface area contributed by atoms with Gasteiger partial charge in [0.25, 0.3) is 0 Å². The predicted molar refractivity (Wildman–Crippen MR) is 76.6 cm³/mol. The molecule has 1 aromatic heterocycles. The molecule has 1 heterocycles. The number of fused-ring (bicyclic) bond motifs is 2. The zero-order valence-electron chi connectivity index (χ0n) is 10.8. The van der Waals surface area contributed by atoms with Crippen molar-refractivity contribution in [2.24, 2.45) is 7.05 Å². The average molecular weight is 244 g/mol. The van der Waals surface area contributed by atoms with Crippen molar-refractivity contribution in [3.05, 3.63) is 41.4 Å². The molecule has 0 bridgehead atoms. The number of benzene rings is 2. The quantitative estimate of drug-likeness (QED) is 0.521. The Balaban J connectivity index is 0.000000514. The summed E-state index contributed by atoms with van der Waals surface area (Å²) in [5, 5.41) is 3.99. The fourth-order valence-electron chi connectivity index (χ4n) is 1.95. The molecule has 2 heteroatoms. The van der Waals surface area contributed by atoms with Crippen LogP contribution in [0.15, 0.2) is 36.4 Å². The topological polar surface area (TPSA) is 3.88 Å². The van der Waals surface area contributed by atoms with Gasteiger partial charge in [0.1, 0.15) is 11.7 Å². The molecule has 0 N–H and O–H groups in total. The van der Waals surface area contributed by atoms with E-state index in [4.69, 9.17) is 0 Å². The maximum absolute atomic E-state index is 2.28. The van der Waals surface area contributed by atoms with Crippen molar-refractivity contribution in [3.8, 4) is 0 Å². The zero-order chi connectivity index (χ0) is 12.4. The lowest BCUT2D eigenvalue weighted by Gasteiger charge is -1.94. The van der Waals surface area contributed by atoms with Gasteiger partial charge in [0, 0.05) is 13.0 Å². The summed E-state index contributed by atoms with van der Waals surface area (Å²) < 4.78 is 3.63. The summed E-state index contributed by atoms with van der Waals surface area (Å²) in [4.78, 5) is 0. The average Bonchev–Trinajstić information content (AvgIpc) is 2.65. The lowest BCUT2D eigenvalue weighted by atomic mass is 10.1. The molecule has 0 aliphatic carbocycles. The predicted octanol–water partition coefficient (Wildman–Crippen LogP) is 4.21. The van der Waals surface area contributed by atoms with Crippen molar-refractivity contribution in [1.82, 2.24) is 0 Å². The minimum atomic E-state index is 1.32. The van der Waals surface area contributed by atoms with E-state index in [-0.39, 0.29) is 0 Å². The fraction of sp³-hybridized carbons (Fsp3) is 0.267. The van der Waals surface area contributed by atoms with E-state index in [1.54, 1.807) is 0 Å². The third-order valence-corrected chi connectivity index (χ3v) is 4.03. The molecule has 0 spiro atoms. The van der Waals surface area contributed by atoms with Crippen LogP contribution < -0.4 is 4.57 Å². The van der Waals surface area contributed by atoms with E-state index < -0.39 is 0 Å². The van der Waals surface area contributed by atoms with Crippen LogP contribution in [0.25, 0.3) is 21.0 Å². The van der Waals surface area contributed by atoms with Crippen molar-refractivity contribution in [2.45, 2.75) is 20.8 Å². The Morgan fingerprint density at radius 1 is 1.00 bits per heavy atom. The molecule has 0 aliphatic heterocycles. The molecule has 0 unspecified atom stereocenters. The summed E-state index contributed by atoms with van der Waals surface area (Å²) in [6, 6.07) is 13.1. The zero-order valence-corrected chi connectivity index (χ0v) is 11.6. The lowest BCUT2D eigenvalue weighted by molar-refractivity contribution is -0.646. The monoisotopic (exact) mass is 244 g/mol. The summed E-state index contributed by atoms with van der Waals surface area (Å²) in [6.07, 6.45) is 0. The SMILES string of the molecule is CC.Cc1sc2cc3ccccc3cc2[n+]1C. The number of aromatic nitrogens is 1. The molecule has 0 saturated carbocycles. The first-order valence-corrected chi connectivity index (χ1v) is 6.85. The smallest absolute Gasteiger partial charge is 0.189 e. The Hall–Kier alpha value is -1.41. The van der Waals surface area contributed by atoms with E-state index in [1.807, 2.05) is 25.2 Å². The molecule has 3 aromatic rings. The van der Waals surface area contributed by atoms with E-state index in [2.05, 4.69) is 54.9 Å². The summed E-state index contributed by atoms with van der Waals surface area (Å²) in [7, 11) is 2.13. The number of nitrogens with zero attached hydrogens (tertiary/aromatic N) is 1.